The number of rotatable bonds is 7. The van der Waals surface area contributed by atoms with Crippen molar-refractivity contribution in [3.05, 3.63) is 0 Å². The van der Waals surface area contributed by atoms with Crippen molar-refractivity contribution < 1.29 is 173 Å². The molecular weight excluding hydrogens is 699 g/mol. The molecule has 0 amide bonds. The molecule has 0 radical (unpaired) electrons. The zero-order valence-electron chi connectivity index (χ0n) is 30.5. The Hall–Kier alpha value is -1.48. The van der Waals surface area contributed by atoms with Crippen molar-refractivity contribution in [2.45, 2.75) is 67.9 Å². The summed E-state index contributed by atoms with van der Waals surface area (Å²) in [5, 5.41) is 75.0. The summed E-state index contributed by atoms with van der Waals surface area (Å²) in [5.41, 5.74) is 20.8. The summed E-state index contributed by atoms with van der Waals surface area (Å²) in [6.45, 7) is 12.1. The second-order valence-electron chi connectivity index (χ2n) is 6.91. The van der Waals surface area contributed by atoms with Crippen LogP contribution in [0, 0.1) is 0 Å². The molecule has 0 aliphatic carbocycles. The Morgan fingerprint density at radius 2 is 0.673 bits per heavy atom. The summed E-state index contributed by atoms with van der Waals surface area (Å²) < 4.78 is 0. The molecule has 0 fully saturated rings. The van der Waals surface area contributed by atoms with Crippen LogP contribution in [0.25, 0.3) is 0 Å². The Balaban J connectivity index is -0.0000000268. The molecule has 0 aromatic heterocycles. The van der Waals surface area contributed by atoms with E-state index in [-0.39, 0.29) is 101 Å². The minimum atomic E-state index is -1.08. The van der Waals surface area contributed by atoms with Crippen molar-refractivity contribution in [2.75, 3.05) is 39.3 Å². The van der Waals surface area contributed by atoms with E-state index in [2.05, 4.69) is 5.32 Å². The van der Waals surface area contributed by atoms with Gasteiger partial charge in [0.1, 0.15) is 0 Å². The van der Waals surface area contributed by atoms with Gasteiger partial charge in [-0.05, 0) is 27.2 Å². The van der Waals surface area contributed by atoms with Crippen LogP contribution in [0.3, 0.4) is 0 Å². The second kappa shape index (κ2) is 85.8. The Morgan fingerprint density at radius 3 is 0.735 bits per heavy atom. The number of aliphatic hydroxyl groups excluding tert-OH is 1. The molecule has 1 unspecified atom stereocenters. The van der Waals surface area contributed by atoms with Crippen LogP contribution in [0.1, 0.15) is 61.8 Å². The third kappa shape index (κ3) is 1630. The number of carbonyl (C=O) groups excluding carboxylic acids is 3. The van der Waals surface area contributed by atoms with Crippen LogP contribution in [0.2, 0.25) is 0 Å². The molecule has 0 aliphatic heterocycles. The summed E-state index contributed by atoms with van der Waals surface area (Å²) in [4.78, 5) is 71.7. The van der Waals surface area contributed by atoms with Crippen LogP contribution >= 0.6 is 0 Å². The number of carboxylic acids is 8. The minimum Gasteiger partial charge on any atom is -0.550 e. The number of aliphatic carboxylic acids is 8. The molecule has 0 aliphatic rings. The number of carbonyl (C=O) groups is 8. The Labute approximate surface area is 353 Å². The van der Waals surface area contributed by atoms with Crippen LogP contribution in [0.4, 0.5) is 0 Å². The molecular formula is C24H54N5Na3O17. The first kappa shape index (κ1) is 86.3. The van der Waals surface area contributed by atoms with Crippen LogP contribution in [0.5, 0.6) is 0 Å². The van der Waals surface area contributed by atoms with Gasteiger partial charge in [-0.1, -0.05) is 0 Å². The number of hydrogen-bond donors (Lipinski definition) is 11. The van der Waals surface area contributed by atoms with E-state index in [0.29, 0.717) is 26.1 Å². The monoisotopic (exact) mass is 753 g/mol. The summed E-state index contributed by atoms with van der Waals surface area (Å²) in [7, 11) is 0. The molecule has 0 rings (SSSR count). The fourth-order valence-electron chi connectivity index (χ4n) is 0.613. The molecule has 49 heavy (non-hydrogen) atoms. The van der Waals surface area contributed by atoms with Gasteiger partial charge in [0.05, 0.1) is 0 Å². The molecule has 0 spiro atoms. The predicted octanol–water partition coefficient (Wildman–Crippen LogP) is -15.1. The van der Waals surface area contributed by atoms with Gasteiger partial charge in [-0.2, -0.15) is 0 Å². The van der Waals surface area contributed by atoms with Gasteiger partial charge in [0.2, 0.25) is 0 Å². The largest absolute Gasteiger partial charge is 1.00 e. The maximum Gasteiger partial charge on any atom is 1.00 e. The maximum absolute atomic E-state index is 9.00. The van der Waals surface area contributed by atoms with E-state index < -0.39 is 47.8 Å². The van der Waals surface area contributed by atoms with E-state index in [1.54, 1.807) is 0 Å². The minimum absolute atomic E-state index is 0. The van der Waals surface area contributed by atoms with E-state index >= 15 is 0 Å². The summed E-state index contributed by atoms with van der Waals surface area (Å²) in [6, 6.07) is -0.0231. The molecule has 0 saturated carbocycles. The first-order valence-corrected chi connectivity index (χ1v) is 12.3. The molecule has 15 N–H and O–H groups in total. The molecule has 280 valence electrons. The first-order chi connectivity index (χ1) is 20.6. The summed E-state index contributed by atoms with van der Waals surface area (Å²) >= 11 is 0. The zero-order chi connectivity index (χ0) is 39.9. The molecule has 0 saturated heterocycles. The van der Waals surface area contributed by atoms with E-state index in [4.69, 9.17) is 107 Å². The van der Waals surface area contributed by atoms with Crippen LogP contribution < -0.4 is 132 Å². The number of carboxylic acid groups (broad SMARTS) is 8. The third-order valence-corrected chi connectivity index (χ3v) is 1.44. The third-order valence-electron chi connectivity index (χ3n) is 1.44. The number of aliphatic hydroxyl groups is 1. The van der Waals surface area contributed by atoms with E-state index in [0.717, 1.165) is 68.5 Å². The van der Waals surface area contributed by atoms with Crippen molar-refractivity contribution >= 4 is 47.8 Å². The molecule has 0 aromatic carbocycles. The molecule has 25 heteroatoms. The SMILES string of the molecule is CC(=O)O.CC(=O)O.CC(=O)O.CC(=O)O.CC(=O)O.CC(=O)[O-].CC(=O)[O-].CC(=O)[O-].NCC(N)CCO.NCCNCCN.[Na+].[Na+].[Na+]. The van der Waals surface area contributed by atoms with E-state index in [1.165, 1.54) is 0 Å². The number of hydrogen-bond acceptors (Lipinski definition) is 17. The maximum atomic E-state index is 9.00. The number of nitrogens with two attached hydrogens (primary N) is 4. The van der Waals surface area contributed by atoms with Crippen LogP contribution in [-0.2, 0) is 38.4 Å². The smallest absolute Gasteiger partial charge is 0.550 e. The summed E-state index contributed by atoms with van der Waals surface area (Å²) in [6.07, 6.45) is 0.608. The molecule has 0 bridgehead atoms. The van der Waals surface area contributed by atoms with Gasteiger partial charge in [-0.25, -0.2) is 0 Å². The zero-order valence-corrected chi connectivity index (χ0v) is 36.5. The summed E-state index contributed by atoms with van der Waals surface area (Å²) in [5.74, 6) is -7.42. The Bertz CT molecular complexity index is 561. The van der Waals surface area contributed by atoms with Gasteiger partial charge < -0.3 is 88.6 Å². The first-order valence-electron chi connectivity index (χ1n) is 12.3. The van der Waals surface area contributed by atoms with E-state index in [9.17, 15) is 0 Å². The van der Waals surface area contributed by atoms with E-state index in [1.807, 2.05) is 0 Å². The fraction of sp³-hybridized carbons (Fsp3) is 0.667. The van der Waals surface area contributed by atoms with Crippen molar-refractivity contribution in [3.8, 4) is 0 Å². The quantitative estimate of drug-likeness (QED) is 0.0849. The fourth-order valence-corrected chi connectivity index (χ4v) is 0.613. The average molecular weight is 754 g/mol. The van der Waals surface area contributed by atoms with Crippen molar-refractivity contribution in [1.29, 1.82) is 0 Å². The van der Waals surface area contributed by atoms with Gasteiger partial charge in [-0.15, -0.1) is 0 Å². The Kier molecular flexibility index (Phi) is 151. The predicted molar refractivity (Wildman–Crippen MR) is 158 cm³/mol. The standard InChI is InChI=1S/C4H13N3.C4H12N2O.8C2H4O2.3Na/c5-1-3-7-4-2-6;5-3-4(6)1-2-7;8*1-2(3)4;;;/h7H,1-6H2;4,7H,1-3,5-6H2;8*1H3,(H,3,4);;;/q;;;;;;;;;;3*+1/p-3. The number of nitrogens with one attached hydrogen (secondary N) is 1. The van der Waals surface area contributed by atoms with Crippen LogP contribution in [0.15, 0.2) is 0 Å². The van der Waals surface area contributed by atoms with Gasteiger partial charge in [0.15, 0.2) is 0 Å². The van der Waals surface area contributed by atoms with Gasteiger partial charge in [-0.3, -0.25) is 24.0 Å². The normalized spacial score (nSPS) is 7.45. The Morgan fingerprint density at radius 1 is 0.531 bits per heavy atom. The topological polar surface area (TPSA) is 443 Å². The van der Waals surface area contributed by atoms with Crippen molar-refractivity contribution in [3.63, 3.8) is 0 Å². The second-order valence-corrected chi connectivity index (χ2v) is 6.91. The molecule has 1 atom stereocenters. The molecule has 22 nitrogen and oxygen atoms in total. The molecule has 0 heterocycles. The van der Waals surface area contributed by atoms with Gasteiger partial charge in [0.25, 0.3) is 29.8 Å². The van der Waals surface area contributed by atoms with Crippen molar-refractivity contribution in [1.82, 2.24) is 5.32 Å². The van der Waals surface area contributed by atoms with Gasteiger partial charge in [0, 0.05) is 97.9 Å². The van der Waals surface area contributed by atoms with Crippen molar-refractivity contribution in [2.24, 2.45) is 22.9 Å². The average Bonchev–Trinajstić information content (AvgIpc) is 2.77. The van der Waals surface area contributed by atoms with Crippen LogP contribution in [-0.4, -0.2) is 124 Å². The molecule has 0 aromatic rings. The van der Waals surface area contributed by atoms with Gasteiger partial charge >= 0.3 is 88.7 Å².